The zero-order valence-corrected chi connectivity index (χ0v) is 11.3. The van der Waals surface area contributed by atoms with Crippen LogP contribution in [0.5, 0.6) is 0 Å². The van der Waals surface area contributed by atoms with Gasteiger partial charge >= 0.3 is 0 Å². The van der Waals surface area contributed by atoms with Crippen LogP contribution in [-0.4, -0.2) is 37.0 Å². The zero-order valence-electron chi connectivity index (χ0n) is 10.5. The van der Waals surface area contributed by atoms with Crippen molar-refractivity contribution in [2.24, 2.45) is 5.73 Å². The molecule has 0 aromatic heterocycles. The standard InChI is InChI=1S/C13H21FN2S/c1-16(9-10-17-2)8-7-13(15)11-5-3-4-6-12(11)14/h3-6,13H,7-10,15H2,1-2H3. The van der Waals surface area contributed by atoms with Crippen LogP contribution in [0, 0.1) is 5.82 Å². The molecule has 0 bridgehead atoms. The Labute approximate surface area is 107 Å². The first-order chi connectivity index (χ1) is 8.15. The molecule has 0 aliphatic rings. The summed E-state index contributed by atoms with van der Waals surface area (Å²) in [6, 6.07) is 6.54. The molecule has 0 saturated heterocycles. The monoisotopic (exact) mass is 256 g/mol. The normalized spacial score (nSPS) is 13.0. The molecule has 0 radical (unpaired) electrons. The summed E-state index contributed by atoms with van der Waals surface area (Å²) in [4.78, 5) is 2.23. The van der Waals surface area contributed by atoms with Crippen LogP contribution in [0.4, 0.5) is 4.39 Å². The van der Waals surface area contributed by atoms with E-state index in [2.05, 4.69) is 18.2 Å². The van der Waals surface area contributed by atoms with Crippen LogP contribution in [0.2, 0.25) is 0 Å². The molecule has 17 heavy (non-hydrogen) atoms. The van der Waals surface area contributed by atoms with Gasteiger partial charge in [-0.2, -0.15) is 11.8 Å². The Balaban J connectivity index is 2.39. The van der Waals surface area contributed by atoms with Crippen molar-refractivity contribution >= 4 is 11.8 Å². The lowest BCUT2D eigenvalue weighted by atomic mass is 10.0. The lowest BCUT2D eigenvalue weighted by Crippen LogP contribution is -2.26. The highest BCUT2D eigenvalue weighted by atomic mass is 32.2. The second-order valence-corrected chi connectivity index (χ2v) is 5.20. The van der Waals surface area contributed by atoms with Crippen LogP contribution >= 0.6 is 11.8 Å². The fraction of sp³-hybridized carbons (Fsp3) is 0.538. The van der Waals surface area contributed by atoms with Gasteiger partial charge in [0.25, 0.3) is 0 Å². The maximum atomic E-state index is 13.5. The molecule has 0 fully saturated rings. The van der Waals surface area contributed by atoms with Crippen LogP contribution in [0.3, 0.4) is 0 Å². The van der Waals surface area contributed by atoms with E-state index in [0.717, 1.165) is 25.3 Å². The van der Waals surface area contributed by atoms with E-state index in [-0.39, 0.29) is 11.9 Å². The number of halogens is 1. The van der Waals surface area contributed by atoms with Crippen molar-refractivity contribution in [1.29, 1.82) is 0 Å². The van der Waals surface area contributed by atoms with Gasteiger partial charge < -0.3 is 10.6 Å². The van der Waals surface area contributed by atoms with Gasteiger partial charge in [0.15, 0.2) is 0 Å². The molecule has 1 aromatic carbocycles. The topological polar surface area (TPSA) is 29.3 Å². The Hall–Kier alpha value is -0.580. The molecule has 4 heteroatoms. The quantitative estimate of drug-likeness (QED) is 0.813. The van der Waals surface area contributed by atoms with Gasteiger partial charge in [-0.3, -0.25) is 0 Å². The van der Waals surface area contributed by atoms with E-state index < -0.39 is 0 Å². The van der Waals surface area contributed by atoms with Gasteiger partial charge in [0, 0.05) is 23.9 Å². The summed E-state index contributed by atoms with van der Waals surface area (Å²) in [6.45, 7) is 1.95. The predicted molar refractivity (Wildman–Crippen MR) is 73.8 cm³/mol. The molecule has 1 aromatic rings. The van der Waals surface area contributed by atoms with Crippen molar-refractivity contribution in [3.05, 3.63) is 35.6 Å². The molecule has 0 aliphatic heterocycles. The molecule has 1 unspecified atom stereocenters. The smallest absolute Gasteiger partial charge is 0.127 e. The number of hydrogen-bond acceptors (Lipinski definition) is 3. The van der Waals surface area contributed by atoms with E-state index in [1.807, 2.05) is 17.8 Å². The van der Waals surface area contributed by atoms with E-state index in [1.165, 1.54) is 6.07 Å². The van der Waals surface area contributed by atoms with Gasteiger partial charge in [-0.1, -0.05) is 18.2 Å². The molecule has 0 amide bonds. The highest BCUT2D eigenvalue weighted by Gasteiger charge is 2.11. The minimum Gasteiger partial charge on any atom is -0.324 e. The van der Waals surface area contributed by atoms with Crippen molar-refractivity contribution in [1.82, 2.24) is 4.90 Å². The van der Waals surface area contributed by atoms with Gasteiger partial charge in [0.2, 0.25) is 0 Å². The van der Waals surface area contributed by atoms with Crippen molar-refractivity contribution in [3.8, 4) is 0 Å². The lowest BCUT2D eigenvalue weighted by molar-refractivity contribution is 0.336. The number of rotatable bonds is 7. The molecule has 0 aliphatic carbocycles. The highest BCUT2D eigenvalue weighted by molar-refractivity contribution is 7.98. The van der Waals surface area contributed by atoms with Gasteiger partial charge in [-0.05, 0) is 32.3 Å². The summed E-state index contributed by atoms with van der Waals surface area (Å²) < 4.78 is 13.5. The second-order valence-electron chi connectivity index (χ2n) is 4.21. The van der Waals surface area contributed by atoms with E-state index in [4.69, 9.17) is 5.73 Å². The van der Waals surface area contributed by atoms with E-state index >= 15 is 0 Å². The molecular formula is C13H21FN2S. The number of benzene rings is 1. The van der Waals surface area contributed by atoms with E-state index in [1.54, 1.807) is 12.1 Å². The first-order valence-corrected chi connectivity index (χ1v) is 7.22. The molecular weight excluding hydrogens is 235 g/mol. The summed E-state index contributed by atoms with van der Waals surface area (Å²) in [5.74, 6) is 0.914. The molecule has 2 N–H and O–H groups in total. The molecule has 0 heterocycles. The van der Waals surface area contributed by atoms with Crippen molar-refractivity contribution in [2.75, 3.05) is 32.1 Å². The molecule has 2 nitrogen and oxygen atoms in total. The van der Waals surface area contributed by atoms with Gasteiger partial charge in [-0.25, -0.2) is 4.39 Å². The average molecular weight is 256 g/mol. The largest absolute Gasteiger partial charge is 0.324 e. The number of nitrogens with zero attached hydrogens (tertiary/aromatic N) is 1. The third-order valence-electron chi connectivity index (χ3n) is 2.80. The van der Waals surface area contributed by atoms with Gasteiger partial charge in [-0.15, -0.1) is 0 Å². The van der Waals surface area contributed by atoms with E-state index in [9.17, 15) is 4.39 Å². The van der Waals surface area contributed by atoms with Crippen molar-refractivity contribution in [3.63, 3.8) is 0 Å². The molecule has 96 valence electrons. The predicted octanol–water partition coefficient (Wildman–Crippen LogP) is 2.51. The van der Waals surface area contributed by atoms with Crippen LogP contribution in [0.25, 0.3) is 0 Å². The first-order valence-electron chi connectivity index (χ1n) is 5.82. The Morgan fingerprint density at radius 1 is 1.35 bits per heavy atom. The lowest BCUT2D eigenvalue weighted by Gasteiger charge is -2.19. The van der Waals surface area contributed by atoms with Crippen molar-refractivity contribution in [2.45, 2.75) is 12.5 Å². The third kappa shape index (κ3) is 5.06. The van der Waals surface area contributed by atoms with Crippen molar-refractivity contribution < 1.29 is 4.39 Å². The molecule has 1 rings (SSSR count). The van der Waals surface area contributed by atoms with Gasteiger partial charge in [0.05, 0.1) is 0 Å². The summed E-state index contributed by atoms with van der Waals surface area (Å²) in [6.07, 6.45) is 2.88. The second kappa shape index (κ2) is 7.69. The molecule has 1 atom stereocenters. The van der Waals surface area contributed by atoms with E-state index in [0.29, 0.717) is 5.56 Å². The average Bonchev–Trinajstić information content (AvgIpc) is 2.34. The minimum absolute atomic E-state index is 0.202. The maximum Gasteiger partial charge on any atom is 0.127 e. The Kier molecular flexibility index (Phi) is 6.55. The van der Waals surface area contributed by atoms with Crippen LogP contribution in [0.15, 0.2) is 24.3 Å². The third-order valence-corrected chi connectivity index (χ3v) is 3.39. The Bertz CT molecular complexity index is 333. The fourth-order valence-corrected chi connectivity index (χ4v) is 2.14. The minimum atomic E-state index is -0.215. The van der Waals surface area contributed by atoms with Gasteiger partial charge in [0.1, 0.15) is 5.82 Å². The number of nitrogens with two attached hydrogens (primary N) is 1. The molecule has 0 spiro atoms. The number of hydrogen-bond donors (Lipinski definition) is 1. The maximum absolute atomic E-state index is 13.5. The summed E-state index contributed by atoms with van der Waals surface area (Å²) in [5.41, 5.74) is 6.62. The fourth-order valence-electron chi connectivity index (χ4n) is 1.65. The summed E-state index contributed by atoms with van der Waals surface area (Å²) in [7, 11) is 2.07. The van der Waals surface area contributed by atoms with Crippen LogP contribution in [0.1, 0.15) is 18.0 Å². The Morgan fingerprint density at radius 3 is 2.71 bits per heavy atom. The Morgan fingerprint density at radius 2 is 2.06 bits per heavy atom. The van der Waals surface area contributed by atoms with Crippen LogP contribution in [-0.2, 0) is 0 Å². The van der Waals surface area contributed by atoms with Crippen LogP contribution < -0.4 is 5.73 Å². The summed E-state index contributed by atoms with van der Waals surface area (Å²) in [5, 5.41) is 0. The SMILES string of the molecule is CSCCN(C)CCC(N)c1ccccc1F. The zero-order chi connectivity index (χ0) is 12.7. The molecule has 0 saturated carbocycles. The first kappa shape index (κ1) is 14.5. The summed E-state index contributed by atoms with van der Waals surface area (Å²) >= 11 is 1.83. The number of thioether (sulfide) groups is 1. The highest BCUT2D eigenvalue weighted by Crippen LogP contribution is 2.17.